The Morgan fingerprint density at radius 1 is 0.925 bits per heavy atom. The number of hydrazone groups is 1. The summed E-state index contributed by atoms with van der Waals surface area (Å²) in [6.45, 7) is 15.7. The van der Waals surface area contributed by atoms with Crippen molar-refractivity contribution in [1.29, 1.82) is 0 Å². The van der Waals surface area contributed by atoms with E-state index in [0.717, 1.165) is 12.1 Å². The second-order valence-electron chi connectivity index (χ2n) is 17.9. The molecule has 5 bridgehead atoms. The van der Waals surface area contributed by atoms with Gasteiger partial charge in [-0.1, -0.05) is 88.4 Å². The van der Waals surface area contributed by atoms with Gasteiger partial charge < -0.3 is 49.8 Å². The number of piperazine rings is 1. The largest absolute Gasteiger partial charge is 0.507 e. The van der Waals surface area contributed by atoms with E-state index in [0.29, 0.717) is 26.2 Å². The summed E-state index contributed by atoms with van der Waals surface area (Å²) >= 11 is 0. The smallest absolute Gasteiger partial charge is 0.312 e. The molecule has 67 heavy (non-hydrogen) atoms. The van der Waals surface area contributed by atoms with Gasteiger partial charge in [0, 0.05) is 93.9 Å². The standard InChI is InChI=1S/C51H64N4O12/c1-28-15-13-16-29(2)50(63)53-41-36(27-52-55-24-22-54(23-25-55)21-14-19-35-17-11-10-12-18-35)45(60)38-39(46(41)61)44(59)33(6)48-40(38)49(62)51(8,67-48)65-26-20-37(64-9)30(3)47(66-34(7)56)32(5)43(58)31(4)42(28)57/h10-20,26-28,30-32,37,42-43,47,57-61H,21-25H2,1-9H3,(H,53,63)/b15-13-,19-14+,26-20?,29-16-,52-27+/t28-,30+,31+,32+,37-,42-,43+,47+,51-/m0/s1. The number of aliphatic hydroxyl groups excluding tert-OH is 2. The Morgan fingerprint density at radius 3 is 2.27 bits per heavy atom. The van der Waals surface area contributed by atoms with E-state index in [1.165, 1.54) is 59.4 Å². The molecule has 4 aliphatic rings. The van der Waals surface area contributed by atoms with E-state index >= 15 is 0 Å². The Hall–Kier alpha value is -6.20. The molecule has 16 nitrogen and oxygen atoms in total. The number of carbonyl (C=O) groups is 3. The first-order valence-corrected chi connectivity index (χ1v) is 22.6. The van der Waals surface area contributed by atoms with Gasteiger partial charge in [-0.3, -0.25) is 24.3 Å². The number of carbonyl (C=O) groups excluding carboxylic acids is 3. The summed E-state index contributed by atoms with van der Waals surface area (Å²) in [7, 11) is 1.44. The number of nitrogens with zero attached hydrogens (tertiary/aromatic N) is 3. The Balaban J connectivity index is 1.43. The molecule has 7 rings (SSSR count). The summed E-state index contributed by atoms with van der Waals surface area (Å²) in [5.74, 6) is -8.44. The third kappa shape index (κ3) is 10.7. The Morgan fingerprint density at radius 2 is 1.61 bits per heavy atom. The van der Waals surface area contributed by atoms with Crippen molar-refractivity contribution in [3.63, 3.8) is 0 Å². The van der Waals surface area contributed by atoms with Gasteiger partial charge in [0.1, 0.15) is 23.4 Å². The lowest BCUT2D eigenvalue weighted by Crippen LogP contribution is -2.46. The maximum absolute atomic E-state index is 14.6. The number of hydrogen-bond donors (Lipinski definition) is 6. The Bertz CT molecular complexity index is 2480. The molecule has 0 spiro atoms. The number of allylic oxidation sites excluding steroid dienone is 2. The fraction of sp³-hybridized carbons (Fsp3) is 0.451. The van der Waals surface area contributed by atoms with E-state index in [1.54, 1.807) is 44.9 Å². The number of Topliss-reactive ketones (excluding diaryl/α,β-unsaturated/α-hetero) is 1. The number of aromatic hydroxyl groups is 3. The molecule has 0 saturated carbocycles. The number of methoxy groups -OCH3 is 1. The lowest BCUT2D eigenvalue weighted by atomic mass is 9.78. The summed E-state index contributed by atoms with van der Waals surface area (Å²) in [6, 6.07) is 10.0. The molecule has 6 N–H and O–H groups in total. The van der Waals surface area contributed by atoms with E-state index in [2.05, 4.69) is 27.5 Å². The van der Waals surface area contributed by atoms with Crippen molar-refractivity contribution in [2.45, 2.75) is 85.6 Å². The molecule has 4 aliphatic heterocycles. The lowest BCUT2D eigenvalue weighted by Gasteiger charge is -2.38. The maximum atomic E-state index is 14.6. The molecule has 3 aromatic carbocycles. The number of ketones is 1. The zero-order valence-corrected chi connectivity index (χ0v) is 39.6. The maximum Gasteiger partial charge on any atom is 0.312 e. The highest BCUT2D eigenvalue weighted by Crippen LogP contribution is 2.55. The van der Waals surface area contributed by atoms with Crippen LogP contribution < -0.4 is 10.1 Å². The molecular formula is C51H64N4O12. The molecule has 0 aliphatic carbocycles. The molecular weight excluding hydrogens is 861 g/mol. The van der Waals surface area contributed by atoms with Crippen molar-refractivity contribution in [3.05, 3.63) is 94.8 Å². The average molecular weight is 925 g/mol. The molecule has 0 aromatic heterocycles. The van der Waals surface area contributed by atoms with Gasteiger partial charge in [0.2, 0.25) is 0 Å². The van der Waals surface area contributed by atoms with Gasteiger partial charge in [0.05, 0.1) is 53.0 Å². The minimum atomic E-state index is -2.06. The van der Waals surface area contributed by atoms with Crippen LogP contribution in [-0.2, 0) is 23.8 Å². The first kappa shape index (κ1) is 50.2. The van der Waals surface area contributed by atoms with Crippen LogP contribution in [0.3, 0.4) is 0 Å². The van der Waals surface area contributed by atoms with Gasteiger partial charge in [-0.15, -0.1) is 0 Å². The van der Waals surface area contributed by atoms with Crippen molar-refractivity contribution in [3.8, 4) is 23.0 Å². The minimum absolute atomic E-state index is 0.0504. The summed E-state index contributed by atoms with van der Waals surface area (Å²) < 4.78 is 23.7. The van der Waals surface area contributed by atoms with Crippen LogP contribution in [0, 0.1) is 30.6 Å². The number of ether oxygens (including phenoxy) is 4. The van der Waals surface area contributed by atoms with Crippen LogP contribution in [0.5, 0.6) is 23.0 Å². The average Bonchev–Trinajstić information content (AvgIpc) is 3.57. The first-order valence-electron chi connectivity index (χ1n) is 22.6. The molecule has 1 fully saturated rings. The zero-order valence-electron chi connectivity index (χ0n) is 39.6. The van der Waals surface area contributed by atoms with Gasteiger partial charge in [-0.2, -0.15) is 5.10 Å². The van der Waals surface area contributed by atoms with Crippen LogP contribution in [-0.4, -0.2) is 129 Å². The van der Waals surface area contributed by atoms with Crippen molar-refractivity contribution < 1.29 is 58.9 Å². The number of esters is 1. The Kier molecular flexibility index (Phi) is 15.9. The number of nitrogens with one attached hydrogen (secondary N) is 1. The van der Waals surface area contributed by atoms with Crippen molar-refractivity contribution in [2.24, 2.45) is 28.8 Å². The third-order valence-corrected chi connectivity index (χ3v) is 13.2. The number of amides is 1. The normalized spacial score (nSPS) is 29.2. The lowest BCUT2D eigenvalue weighted by molar-refractivity contribution is -0.160. The number of phenolic OH excluding ortho intramolecular Hbond substituents is 3. The molecule has 0 radical (unpaired) electrons. The quantitative estimate of drug-likeness (QED) is 0.0652. The number of benzene rings is 3. The van der Waals surface area contributed by atoms with Crippen LogP contribution >= 0.6 is 0 Å². The molecule has 9 atom stereocenters. The number of aliphatic hydroxyl groups is 2. The highest BCUT2D eigenvalue weighted by atomic mass is 16.7. The van der Waals surface area contributed by atoms with Gasteiger partial charge in [0.25, 0.3) is 11.7 Å². The fourth-order valence-corrected chi connectivity index (χ4v) is 8.95. The number of anilines is 1. The second-order valence-corrected chi connectivity index (χ2v) is 17.9. The SMILES string of the molecule is CO[C@H]1C=CO[C@@]2(C)Oc3c(C)c(O)c4c(O)c(c(/C=N/N5CCN(C/C=C/c6ccccc6)CC5)c(O)c4c3C2=O)NC(=O)/C(C)=C\C=C/[C@H](C)[C@H](O)[C@@H](C)[C@@H](O)[C@@H](C)[C@H](OC(C)=O)[C@@H]1C. The van der Waals surface area contributed by atoms with Crippen molar-refractivity contribution >= 4 is 46.4 Å². The predicted molar refractivity (Wildman–Crippen MR) is 255 cm³/mol. The van der Waals surface area contributed by atoms with Crippen molar-refractivity contribution in [2.75, 3.05) is 45.2 Å². The molecule has 4 heterocycles. The highest BCUT2D eigenvalue weighted by Gasteiger charge is 2.50. The molecule has 0 unspecified atom stereocenters. The number of hydrogen-bond acceptors (Lipinski definition) is 15. The van der Waals surface area contributed by atoms with Crippen LogP contribution in [0.1, 0.15) is 75.5 Å². The van der Waals surface area contributed by atoms with Crippen LogP contribution in [0.15, 0.2) is 77.6 Å². The summed E-state index contributed by atoms with van der Waals surface area (Å²) in [6.07, 6.45) is 9.03. The van der Waals surface area contributed by atoms with Crippen LogP contribution in [0.25, 0.3) is 16.8 Å². The monoisotopic (exact) mass is 924 g/mol. The van der Waals surface area contributed by atoms with Crippen molar-refractivity contribution in [1.82, 2.24) is 9.91 Å². The first-order chi connectivity index (χ1) is 31.8. The van der Waals surface area contributed by atoms with Crippen LogP contribution in [0.4, 0.5) is 5.69 Å². The minimum Gasteiger partial charge on any atom is -0.507 e. The van der Waals surface area contributed by atoms with Gasteiger partial charge >= 0.3 is 11.8 Å². The summed E-state index contributed by atoms with van der Waals surface area (Å²) in [5.41, 5.74) is 0.718. The van der Waals surface area contributed by atoms with Gasteiger partial charge in [0.15, 0.2) is 5.75 Å². The Labute approximate surface area is 391 Å². The molecule has 3 aromatic rings. The van der Waals surface area contributed by atoms with E-state index < -0.39 is 88.8 Å². The van der Waals surface area contributed by atoms with Gasteiger partial charge in [-0.25, -0.2) is 0 Å². The number of rotatable bonds is 7. The summed E-state index contributed by atoms with van der Waals surface area (Å²) in [4.78, 5) is 43.1. The number of fused-ring (bicyclic) bond motifs is 14. The van der Waals surface area contributed by atoms with E-state index in [-0.39, 0.29) is 44.5 Å². The zero-order chi connectivity index (χ0) is 48.9. The number of phenols is 3. The molecule has 1 saturated heterocycles. The topological polar surface area (TPSA) is 220 Å². The highest BCUT2D eigenvalue weighted by molar-refractivity contribution is 6.23. The fourth-order valence-electron chi connectivity index (χ4n) is 8.95. The van der Waals surface area contributed by atoms with E-state index in [1.807, 2.05) is 30.3 Å². The van der Waals surface area contributed by atoms with E-state index in [9.17, 15) is 39.9 Å². The molecule has 1 amide bonds. The van der Waals surface area contributed by atoms with E-state index in [4.69, 9.17) is 18.9 Å². The summed E-state index contributed by atoms with van der Waals surface area (Å²) in [5, 5.41) is 67.6. The third-order valence-electron chi connectivity index (χ3n) is 13.2. The second kappa shape index (κ2) is 21.2. The molecule has 360 valence electrons. The predicted octanol–water partition coefficient (Wildman–Crippen LogP) is 6.42. The van der Waals surface area contributed by atoms with Gasteiger partial charge in [-0.05, 0) is 25.5 Å². The van der Waals surface area contributed by atoms with Crippen LogP contribution in [0.2, 0.25) is 0 Å². The molecule has 16 heteroatoms.